The van der Waals surface area contributed by atoms with Crippen LogP contribution in [0.1, 0.15) is 101 Å². The number of hydrogen-bond donors (Lipinski definition) is 1. The molecule has 1 saturated carbocycles. The molecule has 2 aliphatic rings. The number of esters is 1. The van der Waals surface area contributed by atoms with Gasteiger partial charge < -0.3 is 14.8 Å². The lowest BCUT2D eigenvalue weighted by atomic mass is 9.59. The average molecular weight is 506 g/mol. The molecular weight excluding hydrogens is 462 g/mol. The summed E-state index contributed by atoms with van der Waals surface area (Å²) in [6.45, 7) is 4.72. The van der Waals surface area contributed by atoms with Gasteiger partial charge in [-0.05, 0) is 60.4 Å². The molecule has 0 aromatic heterocycles. The highest BCUT2D eigenvalue weighted by atomic mass is 16.5. The van der Waals surface area contributed by atoms with E-state index in [1.54, 1.807) is 0 Å². The summed E-state index contributed by atoms with van der Waals surface area (Å²) in [5.41, 5.74) is 3.24. The molecule has 1 N–H and O–H groups in total. The van der Waals surface area contributed by atoms with Crippen molar-refractivity contribution in [3.8, 4) is 5.75 Å². The molecule has 0 spiro atoms. The van der Waals surface area contributed by atoms with Crippen LogP contribution in [-0.2, 0) is 28.0 Å². The maximum atomic E-state index is 12.9. The molecule has 5 heteroatoms. The predicted octanol–water partition coefficient (Wildman–Crippen LogP) is 7.64. The van der Waals surface area contributed by atoms with Gasteiger partial charge in [-0.2, -0.15) is 0 Å². The summed E-state index contributed by atoms with van der Waals surface area (Å²) in [4.78, 5) is 25.5. The second kappa shape index (κ2) is 13.1. The van der Waals surface area contributed by atoms with Crippen LogP contribution in [-0.4, -0.2) is 18.1 Å². The SMILES string of the molecule is CCCCCCCC(=O)Oc1ccc2c(c1)[C@@]1(C)CCCCC[C@@H](C2)[C@@H]1NC(=O)OCc1ccccc1. The van der Waals surface area contributed by atoms with Gasteiger partial charge in [0.05, 0.1) is 0 Å². The van der Waals surface area contributed by atoms with Crippen molar-refractivity contribution in [1.29, 1.82) is 0 Å². The van der Waals surface area contributed by atoms with Gasteiger partial charge in [-0.15, -0.1) is 0 Å². The van der Waals surface area contributed by atoms with Gasteiger partial charge in [0, 0.05) is 17.9 Å². The van der Waals surface area contributed by atoms with Crippen molar-refractivity contribution in [2.45, 2.75) is 109 Å². The number of alkyl carbamates (subject to hydrolysis) is 1. The quantitative estimate of drug-likeness (QED) is 0.205. The van der Waals surface area contributed by atoms with Gasteiger partial charge in [-0.25, -0.2) is 4.79 Å². The number of nitrogens with one attached hydrogen (secondary N) is 1. The molecule has 4 rings (SSSR count). The van der Waals surface area contributed by atoms with Crippen LogP contribution in [0.15, 0.2) is 48.5 Å². The summed E-state index contributed by atoms with van der Waals surface area (Å²) < 4.78 is 11.4. The maximum absolute atomic E-state index is 12.9. The summed E-state index contributed by atoms with van der Waals surface area (Å²) in [6, 6.07) is 15.9. The van der Waals surface area contributed by atoms with Crippen molar-refractivity contribution < 1.29 is 19.1 Å². The molecule has 200 valence electrons. The zero-order valence-corrected chi connectivity index (χ0v) is 22.6. The molecule has 0 saturated heterocycles. The van der Waals surface area contributed by atoms with Gasteiger partial charge in [0.25, 0.3) is 0 Å². The van der Waals surface area contributed by atoms with Crippen LogP contribution in [0.3, 0.4) is 0 Å². The third kappa shape index (κ3) is 7.15. The van der Waals surface area contributed by atoms with E-state index < -0.39 is 0 Å². The van der Waals surface area contributed by atoms with E-state index in [-0.39, 0.29) is 30.1 Å². The third-order valence-electron chi connectivity index (χ3n) is 8.31. The van der Waals surface area contributed by atoms with Crippen LogP contribution in [0.4, 0.5) is 4.79 Å². The van der Waals surface area contributed by atoms with Crippen molar-refractivity contribution in [2.24, 2.45) is 5.92 Å². The van der Waals surface area contributed by atoms with Crippen molar-refractivity contribution in [3.05, 3.63) is 65.2 Å². The zero-order chi connectivity index (χ0) is 26.1. The Labute approximate surface area is 222 Å². The van der Waals surface area contributed by atoms with Crippen LogP contribution in [0.25, 0.3) is 0 Å². The summed E-state index contributed by atoms with van der Waals surface area (Å²) in [7, 11) is 0. The average Bonchev–Trinajstić information content (AvgIpc) is 2.90. The lowest BCUT2D eigenvalue weighted by Crippen LogP contribution is -2.57. The minimum Gasteiger partial charge on any atom is -0.445 e. The molecule has 5 nitrogen and oxygen atoms in total. The Hall–Kier alpha value is -2.82. The number of amides is 1. The fraction of sp³-hybridized carbons (Fsp3) is 0.562. The highest BCUT2D eigenvalue weighted by Crippen LogP contribution is 2.47. The fourth-order valence-electron chi connectivity index (χ4n) is 6.28. The highest BCUT2D eigenvalue weighted by molar-refractivity contribution is 5.72. The summed E-state index contributed by atoms with van der Waals surface area (Å²) in [5, 5.41) is 3.28. The zero-order valence-electron chi connectivity index (χ0n) is 22.6. The molecule has 2 bridgehead atoms. The second-order valence-electron chi connectivity index (χ2n) is 11.1. The molecule has 37 heavy (non-hydrogen) atoms. The monoisotopic (exact) mass is 505 g/mol. The Kier molecular flexibility index (Phi) is 9.65. The van der Waals surface area contributed by atoms with E-state index in [0.717, 1.165) is 44.1 Å². The molecule has 1 amide bonds. The Balaban J connectivity index is 1.47. The molecule has 2 aliphatic carbocycles. The van der Waals surface area contributed by atoms with E-state index in [4.69, 9.17) is 9.47 Å². The normalized spacial score (nSPS) is 22.8. The number of rotatable bonds is 10. The van der Waals surface area contributed by atoms with Gasteiger partial charge in [-0.3, -0.25) is 4.79 Å². The first-order valence-electron chi connectivity index (χ1n) is 14.3. The van der Waals surface area contributed by atoms with Crippen molar-refractivity contribution in [3.63, 3.8) is 0 Å². The minimum atomic E-state index is -0.361. The van der Waals surface area contributed by atoms with Gasteiger partial charge in [-0.1, -0.05) is 95.2 Å². The van der Waals surface area contributed by atoms with Crippen LogP contribution in [0.5, 0.6) is 5.75 Å². The Morgan fingerprint density at radius 2 is 1.81 bits per heavy atom. The first-order chi connectivity index (χ1) is 18.0. The molecule has 2 aromatic carbocycles. The molecular formula is C32H43NO4. The van der Waals surface area contributed by atoms with Gasteiger partial charge in [0.2, 0.25) is 0 Å². The lowest BCUT2D eigenvalue weighted by molar-refractivity contribution is -0.134. The van der Waals surface area contributed by atoms with Crippen LogP contribution in [0.2, 0.25) is 0 Å². The van der Waals surface area contributed by atoms with Crippen molar-refractivity contribution in [2.75, 3.05) is 0 Å². The van der Waals surface area contributed by atoms with Crippen molar-refractivity contribution in [1.82, 2.24) is 5.32 Å². The lowest BCUT2D eigenvalue weighted by Gasteiger charge is -2.49. The van der Waals surface area contributed by atoms with Gasteiger partial charge >= 0.3 is 12.1 Å². The van der Waals surface area contributed by atoms with Crippen LogP contribution >= 0.6 is 0 Å². The molecule has 0 radical (unpaired) electrons. The number of carbonyl (C=O) groups is 2. The first kappa shape index (κ1) is 27.2. The van der Waals surface area contributed by atoms with Crippen LogP contribution < -0.4 is 10.1 Å². The van der Waals surface area contributed by atoms with E-state index in [2.05, 4.69) is 31.3 Å². The Morgan fingerprint density at radius 1 is 1.00 bits per heavy atom. The predicted molar refractivity (Wildman–Crippen MR) is 147 cm³/mol. The van der Waals surface area contributed by atoms with E-state index in [1.165, 1.54) is 43.2 Å². The van der Waals surface area contributed by atoms with E-state index in [1.807, 2.05) is 36.4 Å². The largest absolute Gasteiger partial charge is 0.445 e. The Morgan fingerprint density at radius 3 is 2.62 bits per heavy atom. The maximum Gasteiger partial charge on any atom is 0.407 e. The number of hydrogen-bond acceptors (Lipinski definition) is 4. The molecule has 0 aliphatic heterocycles. The standard InChI is InChI=1S/C32H43NO4/c1-3-4-5-6-12-17-29(34)37-27-19-18-25-21-26-16-11-8-13-20-32(2,28(25)22-27)30(26)33-31(35)36-23-24-14-9-7-10-15-24/h7,9-10,14-15,18-19,22,26,30H,3-6,8,11-13,16-17,20-21,23H2,1-2H3,(H,33,35)/t26-,30-,32+/m0/s1. The van der Waals surface area contributed by atoms with E-state index in [9.17, 15) is 9.59 Å². The number of benzene rings is 2. The van der Waals surface area contributed by atoms with Crippen LogP contribution in [0, 0.1) is 5.92 Å². The fourth-order valence-corrected chi connectivity index (χ4v) is 6.28. The van der Waals surface area contributed by atoms with Crippen molar-refractivity contribution >= 4 is 12.1 Å². The molecule has 1 fully saturated rings. The summed E-state index contributed by atoms with van der Waals surface area (Å²) in [6.07, 6.45) is 12.1. The second-order valence-corrected chi connectivity index (χ2v) is 11.1. The number of unbranched alkanes of at least 4 members (excludes halogenated alkanes) is 4. The number of carbonyl (C=O) groups excluding carboxylic acids is 2. The van der Waals surface area contributed by atoms with E-state index >= 15 is 0 Å². The highest BCUT2D eigenvalue weighted by Gasteiger charge is 2.46. The summed E-state index contributed by atoms with van der Waals surface area (Å²) >= 11 is 0. The molecule has 3 atom stereocenters. The summed E-state index contributed by atoms with van der Waals surface area (Å²) in [5.74, 6) is 0.815. The molecule has 2 aromatic rings. The minimum absolute atomic E-state index is 0.0203. The molecule has 0 unspecified atom stereocenters. The number of fused-ring (bicyclic) bond motifs is 4. The Bertz CT molecular complexity index is 1040. The third-order valence-corrected chi connectivity index (χ3v) is 8.31. The van der Waals surface area contributed by atoms with Gasteiger partial charge in [0.1, 0.15) is 12.4 Å². The first-order valence-corrected chi connectivity index (χ1v) is 14.3. The molecule has 0 heterocycles. The smallest absolute Gasteiger partial charge is 0.407 e. The number of ether oxygens (including phenoxy) is 2. The van der Waals surface area contributed by atoms with Gasteiger partial charge in [0.15, 0.2) is 0 Å². The topological polar surface area (TPSA) is 64.6 Å². The van der Waals surface area contributed by atoms with E-state index in [0.29, 0.717) is 18.1 Å².